The SMILES string of the molecule is CCC(CC)CCOC(=O)c1ccc(OC)cc1. The van der Waals surface area contributed by atoms with Crippen LogP contribution in [0, 0.1) is 5.92 Å². The number of benzene rings is 1. The zero-order valence-corrected chi connectivity index (χ0v) is 11.4. The highest BCUT2D eigenvalue weighted by molar-refractivity contribution is 5.89. The number of hydrogen-bond donors (Lipinski definition) is 0. The second-order valence-corrected chi connectivity index (χ2v) is 4.34. The zero-order chi connectivity index (χ0) is 13.4. The van der Waals surface area contributed by atoms with Gasteiger partial charge in [-0.05, 0) is 36.6 Å². The summed E-state index contributed by atoms with van der Waals surface area (Å²) in [5.41, 5.74) is 0.570. The Bertz CT molecular complexity index is 353. The number of rotatable bonds is 7. The Morgan fingerprint density at radius 2 is 1.78 bits per heavy atom. The Balaban J connectivity index is 2.40. The molecule has 0 aromatic heterocycles. The van der Waals surface area contributed by atoms with E-state index in [0.717, 1.165) is 25.0 Å². The highest BCUT2D eigenvalue weighted by atomic mass is 16.5. The molecule has 0 spiro atoms. The number of methoxy groups -OCH3 is 1. The van der Waals surface area contributed by atoms with Crippen molar-refractivity contribution in [1.29, 1.82) is 0 Å². The van der Waals surface area contributed by atoms with Crippen LogP contribution in [0.15, 0.2) is 24.3 Å². The van der Waals surface area contributed by atoms with Gasteiger partial charge < -0.3 is 9.47 Å². The molecule has 1 rings (SSSR count). The molecule has 0 unspecified atom stereocenters. The van der Waals surface area contributed by atoms with E-state index in [1.165, 1.54) is 0 Å². The fourth-order valence-electron chi connectivity index (χ4n) is 1.83. The van der Waals surface area contributed by atoms with Crippen molar-refractivity contribution in [1.82, 2.24) is 0 Å². The summed E-state index contributed by atoms with van der Waals surface area (Å²) < 4.78 is 10.3. The number of hydrogen-bond acceptors (Lipinski definition) is 3. The van der Waals surface area contributed by atoms with Gasteiger partial charge in [-0.15, -0.1) is 0 Å². The van der Waals surface area contributed by atoms with Crippen molar-refractivity contribution in [2.24, 2.45) is 5.92 Å². The summed E-state index contributed by atoms with van der Waals surface area (Å²) in [4.78, 5) is 11.7. The summed E-state index contributed by atoms with van der Waals surface area (Å²) in [6.45, 7) is 4.83. The predicted molar refractivity (Wildman–Crippen MR) is 72.0 cm³/mol. The zero-order valence-electron chi connectivity index (χ0n) is 11.4. The molecule has 0 N–H and O–H groups in total. The molecule has 1 aromatic carbocycles. The van der Waals surface area contributed by atoms with Crippen LogP contribution in [0.3, 0.4) is 0 Å². The molecule has 0 amide bonds. The molecule has 0 aliphatic rings. The van der Waals surface area contributed by atoms with Crippen molar-refractivity contribution in [3.05, 3.63) is 29.8 Å². The van der Waals surface area contributed by atoms with Gasteiger partial charge in [0.2, 0.25) is 0 Å². The summed E-state index contributed by atoms with van der Waals surface area (Å²) in [6.07, 6.45) is 3.21. The van der Waals surface area contributed by atoms with Crippen LogP contribution < -0.4 is 4.74 Å². The lowest BCUT2D eigenvalue weighted by atomic mass is 10.0. The topological polar surface area (TPSA) is 35.5 Å². The Labute approximate surface area is 109 Å². The second-order valence-electron chi connectivity index (χ2n) is 4.34. The summed E-state index contributed by atoms with van der Waals surface area (Å²) >= 11 is 0. The van der Waals surface area contributed by atoms with Crippen LogP contribution in [-0.2, 0) is 4.74 Å². The van der Waals surface area contributed by atoms with Gasteiger partial charge in [-0.1, -0.05) is 26.7 Å². The number of carbonyl (C=O) groups is 1. The van der Waals surface area contributed by atoms with Crippen LogP contribution in [-0.4, -0.2) is 19.7 Å². The molecular weight excluding hydrogens is 228 g/mol. The van der Waals surface area contributed by atoms with Gasteiger partial charge in [0.05, 0.1) is 19.3 Å². The van der Waals surface area contributed by atoms with Gasteiger partial charge >= 0.3 is 5.97 Å². The first-order valence-corrected chi connectivity index (χ1v) is 6.52. The van der Waals surface area contributed by atoms with E-state index in [-0.39, 0.29) is 5.97 Å². The molecule has 0 radical (unpaired) electrons. The largest absolute Gasteiger partial charge is 0.497 e. The van der Waals surface area contributed by atoms with Gasteiger partial charge in [0.15, 0.2) is 0 Å². The summed E-state index contributed by atoms with van der Waals surface area (Å²) in [5, 5.41) is 0. The van der Waals surface area contributed by atoms with E-state index in [2.05, 4.69) is 13.8 Å². The minimum absolute atomic E-state index is 0.261. The molecule has 3 heteroatoms. The van der Waals surface area contributed by atoms with Gasteiger partial charge in [0.1, 0.15) is 5.75 Å². The van der Waals surface area contributed by atoms with Crippen LogP contribution in [0.1, 0.15) is 43.5 Å². The predicted octanol–water partition coefficient (Wildman–Crippen LogP) is 3.68. The summed E-state index contributed by atoms with van der Waals surface area (Å²) in [6, 6.07) is 6.96. The molecule has 0 bridgehead atoms. The van der Waals surface area contributed by atoms with Gasteiger partial charge in [0, 0.05) is 0 Å². The smallest absolute Gasteiger partial charge is 0.338 e. The van der Waals surface area contributed by atoms with Crippen molar-refractivity contribution in [3.63, 3.8) is 0 Å². The third kappa shape index (κ3) is 4.40. The van der Waals surface area contributed by atoms with E-state index in [9.17, 15) is 4.79 Å². The van der Waals surface area contributed by atoms with Crippen LogP contribution in [0.4, 0.5) is 0 Å². The maximum Gasteiger partial charge on any atom is 0.338 e. The normalized spacial score (nSPS) is 10.4. The third-order valence-corrected chi connectivity index (χ3v) is 3.24. The molecule has 0 saturated heterocycles. The Kier molecular flexibility index (Phi) is 6.26. The average Bonchev–Trinajstić information content (AvgIpc) is 2.43. The average molecular weight is 250 g/mol. The van der Waals surface area contributed by atoms with Crippen molar-refractivity contribution in [2.75, 3.05) is 13.7 Å². The minimum Gasteiger partial charge on any atom is -0.497 e. The third-order valence-electron chi connectivity index (χ3n) is 3.24. The lowest BCUT2D eigenvalue weighted by Gasteiger charge is -2.12. The van der Waals surface area contributed by atoms with Crippen LogP contribution in [0.25, 0.3) is 0 Å². The quantitative estimate of drug-likeness (QED) is 0.692. The van der Waals surface area contributed by atoms with Gasteiger partial charge in [-0.2, -0.15) is 0 Å². The Morgan fingerprint density at radius 3 is 2.28 bits per heavy atom. The standard InChI is InChI=1S/C15H22O3/c1-4-12(5-2)10-11-18-15(16)13-6-8-14(17-3)9-7-13/h6-9,12H,4-5,10-11H2,1-3H3. The molecule has 100 valence electrons. The lowest BCUT2D eigenvalue weighted by Crippen LogP contribution is -2.09. The minimum atomic E-state index is -0.261. The van der Waals surface area contributed by atoms with E-state index in [1.807, 2.05) is 0 Å². The lowest BCUT2D eigenvalue weighted by molar-refractivity contribution is 0.0481. The Morgan fingerprint density at radius 1 is 1.17 bits per heavy atom. The van der Waals surface area contributed by atoms with Crippen molar-refractivity contribution in [2.45, 2.75) is 33.1 Å². The molecule has 0 saturated carbocycles. The molecule has 0 fully saturated rings. The fourth-order valence-corrected chi connectivity index (χ4v) is 1.83. The monoisotopic (exact) mass is 250 g/mol. The summed E-state index contributed by atoms with van der Waals surface area (Å²) in [7, 11) is 1.60. The maximum atomic E-state index is 11.7. The Hall–Kier alpha value is -1.51. The van der Waals surface area contributed by atoms with E-state index in [4.69, 9.17) is 9.47 Å². The van der Waals surface area contributed by atoms with E-state index in [0.29, 0.717) is 18.1 Å². The molecule has 3 nitrogen and oxygen atoms in total. The second kappa shape index (κ2) is 7.75. The first-order valence-electron chi connectivity index (χ1n) is 6.52. The van der Waals surface area contributed by atoms with Gasteiger partial charge in [-0.25, -0.2) is 4.79 Å². The molecule has 18 heavy (non-hydrogen) atoms. The maximum absolute atomic E-state index is 11.7. The highest BCUT2D eigenvalue weighted by Crippen LogP contribution is 2.14. The van der Waals surface area contributed by atoms with Crippen LogP contribution in [0.2, 0.25) is 0 Å². The van der Waals surface area contributed by atoms with Crippen molar-refractivity contribution >= 4 is 5.97 Å². The van der Waals surface area contributed by atoms with Crippen molar-refractivity contribution < 1.29 is 14.3 Å². The highest BCUT2D eigenvalue weighted by Gasteiger charge is 2.09. The summed E-state index contributed by atoms with van der Waals surface area (Å²) in [5.74, 6) is 1.13. The van der Waals surface area contributed by atoms with E-state index >= 15 is 0 Å². The molecule has 0 atom stereocenters. The van der Waals surface area contributed by atoms with Crippen LogP contribution >= 0.6 is 0 Å². The van der Waals surface area contributed by atoms with Gasteiger partial charge in [0.25, 0.3) is 0 Å². The molecule has 0 heterocycles. The van der Waals surface area contributed by atoms with Crippen molar-refractivity contribution in [3.8, 4) is 5.75 Å². The molecule has 0 aliphatic carbocycles. The number of esters is 1. The first-order chi connectivity index (χ1) is 8.71. The van der Waals surface area contributed by atoms with E-state index < -0.39 is 0 Å². The molecule has 0 aliphatic heterocycles. The number of ether oxygens (including phenoxy) is 2. The number of carbonyl (C=O) groups excluding carboxylic acids is 1. The van der Waals surface area contributed by atoms with Crippen LogP contribution in [0.5, 0.6) is 5.75 Å². The first kappa shape index (κ1) is 14.6. The fraction of sp³-hybridized carbons (Fsp3) is 0.533. The van der Waals surface area contributed by atoms with Gasteiger partial charge in [-0.3, -0.25) is 0 Å². The molecule has 1 aromatic rings. The molecular formula is C15H22O3. The van der Waals surface area contributed by atoms with E-state index in [1.54, 1.807) is 31.4 Å².